The molecule has 1 aliphatic heterocycles. The molecular formula is C17H25N5O. The predicted molar refractivity (Wildman–Crippen MR) is 90.1 cm³/mol. The van der Waals surface area contributed by atoms with Gasteiger partial charge in [0.2, 0.25) is 11.9 Å². The monoisotopic (exact) mass is 315 g/mol. The van der Waals surface area contributed by atoms with Gasteiger partial charge in [0.05, 0.1) is 6.04 Å². The molecule has 1 saturated heterocycles. The average molecular weight is 315 g/mol. The molecular weight excluding hydrogens is 290 g/mol. The maximum atomic E-state index is 12.5. The second-order valence-corrected chi connectivity index (χ2v) is 6.73. The summed E-state index contributed by atoms with van der Waals surface area (Å²) in [5, 5.41) is 3.27. The molecule has 0 aromatic carbocycles. The van der Waals surface area contributed by atoms with E-state index in [4.69, 9.17) is 0 Å². The number of allylic oxidation sites excluding steroid dienone is 2. The highest BCUT2D eigenvalue weighted by Crippen LogP contribution is 2.23. The molecule has 2 aliphatic rings. The van der Waals surface area contributed by atoms with Gasteiger partial charge in [0.1, 0.15) is 0 Å². The van der Waals surface area contributed by atoms with E-state index in [-0.39, 0.29) is 17.9 Å². The van der Waals surface area contributed by atoms with Crippen LogP contribution in [0.4, 0.5) is 5.95 Å². The van der Waals surface area contributed by atoms with E-state index in [1.807, 2.05) is 6.07 Å². The number of amides is 1. The molecule has 23 heavy (non-hydrogen) atoms. The third-order valence-electron chi connectivity index (χ3n) is 4.58. The fourth-order valence-corrected chi connectivity index (χ4v) is 3.44. The molecule has 1 aliphatic carbocycles. The lowest BCUT2D eigenvalue weighted by molar-refractivity contribution is -0.125. The van der Waals surface area contributed by atoms with Crippen LogP contribution in [0.2, 0.25) is 0 Å². The maximum Gasteiger partial charge on any atom is 0.225 e. The standard InChI is InChI=1S/C17H25N5O/c1-21(2)10-14-11-22(17-18-8-5-9-19-17)12-15(14)20-16(23)13-6-3-4-7-13/h3-5,8-9,13-15H,6-7,10-12H2,1-2H3,(H,20,23)/t14-,15-/m1/s1. The topological polar surface area (TPSA) is 61.4 Å². The Hall–Kier alpha value is -1.95. The van der Waals surface area contributed by atoms with E-state index in [9.17, 15) is 4.79 Å². The summed E-state index contributed by atoms with van der Waals surface area (Å²) < 4.78 is 0. The zero-order chi connectivity index (χ0) is 16.2. The fourth-order valence-electron chi connectivity index (χ4n) is 3.44. The van der Waals surface area contributed by atoms with Gasteiger partial charge in [-0.1, -0.05) is 12.2 Å². The molecule has 2 heterocycles. The molecule has 0 spiro atoms. The first kappa shape index (κ1) is 15.9. The Morgan fingerprint density at radius 2 is 1.96 bits per heavy atom. The summed E-state index contributed by atoms with van der Waals surface area (Å²) in [5.41, 5.74) is 0. The van der Waals surface area contributed by atoms with Crippen molar-refractivity contribution in [1.29, 1.82) is 0 Å². The molecule has 1 aromatic rings. The number of carbonyl (C=O) groups excluding carboxylic acids is 1. The van der Waals surface area contributed by atoms with Gasteiger partial charge in [0.25, 0.3) is 0 Å². The molecule has 0 unspecified atom stereocenters. The second kappa shape index (κ2) is 7.08. The second-order valence-electron chi connectivity index (χ2n) is 6.73. The van der Waals surface area contributed by atoms with Gasteiger partial charge >= 0.3 is 0 Å². The highest BCUT2D eigenvalue weighted by Gasteiger charge is 2.36. The summed E-state index contributed by atoms with van der Waals surface area (Å²) in [6.45, 7) is 2.58. The predicted octanol–water partition coefficient (Wildman–Crippen LogP) is 0.925. The van der Waals surface area contributed by atoms with E-state index in [2.05, 4.69) is 51.3 Å². The van der Waals surface area contributed by atoms with Crippen molar-refractivity contribution in [1.82, 2.24) is 20.2 Å². The molecule has 124 valence electrons. The number of nitrogens with one attached hydrogen (secondary N) is 1. The Morgan fingerprint density at radius 1 is 1.26 bits per heavy atom. The first-order chi connectivity index (χ1) is 11.1. The molecule has 1 amide bonds. The van der Waals surface area contributed by atoms with Gasteiger partial charge in [-0.15, -0.1) is 0 Å². The molecule has 3 rings (SSSR count). The average Bonchev–Trinajstić information content (AvgIpc) is 3.18. The molecule has 1 fully saturated rings. The van der Waals surface area contributed by atoms with Crippen LogP contribution in [0, 0.1) is 11.8 Å². The van der Waals surface area contributed by atoms with Crippen molar-refractivity contribution in [3.63, 3.8) is 0 Å². The van der Waals surface area contributed by atoms with Gasteiger partial charge in [-0.3, -0.25) is 4.79 Å². The zero-order valence-corrected chi connectivity index (χ0v) is 13.9. The van der Waals surface area contributed by atoms with E-state index in [1.165, 1.54) is 0 Å². The van der Waals surface area contributed by atoms with Crippen molar-refractivity contribution in [2.45, 2.75) is 18.9 Å². The number of hydrogen-bond acceptors (Lipinski definition) is 5. The van der Waals surface area contributed by atoms with Gasteiger partial charge in [0, 0.05) is 43.9 Å². The minimum absolute atomic E-state index is 0.108. The minimum Gasteiger partial charge on any atom is -0.351 e. The van der Waals surface area contributed by atoms with Gasteiger partial charge in [-0.2, -0.15) is 0 Å². The van der Waals surface area contributed by atoms with Crippen molar-refractivity contribution in [3.05, 3.63) is 30.6 Å². The summed E-state index contributed by atoms with van der Waals surface area (Å²) in [6, 6.07) is 1.97. The van der Waals surface area contributed by atoms with Crippen molar-refractivity contribution in [2.75, 3.05) is 38.6 Å². The van der Waals surface area contributed by atoms with Gasteiger partial charge in [0.15, 0.2) is 0 Å². The Morgan fingerprint density at radius 3 is 2.61 bits per heavy atom. The van der Waals surface area contributed by atoms with E-state index in [0.717, 1.165) is 38.4 Å². The normalized spacial score (nSPS) is 24.6. The number of rotatable bonds is 5. The highest BCUT2D eigenvalue weighted by atomic mass is 16.2. The first-order valence-electron chi connectivity index (χ1n) is 8.25. The first-order valence-corrected chi connectivity index (χ1v) is 8.25. The van der Waals surface area contributed by atoms with Crippen LogP contribution >= 0.6 is 0 Å². The van der Waals surface area contributed by atoms with Crippen LogP contribution in [0.1, 0.15) is 12.8 Å². The summed E-state index contributed by atoms with van der Waals surface area (Å²) >= 11 is 0. The number of hydrogen-bond donors (Lipinski definition) is 1. The van der Waals surface area contributed by atoms with Gasteiger partial charge < -0.3 is 15.1 Å². The lowest BCUT2D eigenvalue weighted by Gasteiger charge is -2.23. The van der Waals surface area contributed by atoms with Crippen LogP contribution in [0.25, 0.3) is 0 Å². The number of carbonyl (C=O) groups is 1. The van der Waals surface area contributed by atoms with Crippen molar-refractivity contribution in [3.8, 4) is 0 Å². The maximum absolute atomic E-state index is 12.5. The van der Waals surface area contributed by atoms with Crippen molar-refractivity contribution in [2.24, 2.45) is 11.8 Å². The van der Waals surface area contributed by atoms with E-state index in [1.54, 1.807) is 12.4 Å². The van der Waals surface area contributed by atoms with Crippen molar-refractivity contribution >= 4 is 11.9 Å². The summed E-state index contributed by atoms with van der Waals surface area (Å²) in [7, 11) is 4.14. The van der Waals surface area contributed by atoms with Crippen LogP contribution in [0.5, 0.6) is 0 Å². The number of nitrogens with zero attached hydrogens (tertiary/aromatic N) is 4. The van der Waals surface area contributed by atoms with E-state index >= 15 is 0 Å². The molecule has 1 N–H and O–H groups in total. The van der Waals surface area contributed by atoms with Crippen LogP contribution in [-0.4, -0.2) is 60.5 Å². The largest absolute Gasteiger partial charge is 0.351 e. The summed E-state index contributed by atoms with van der Waals surface area (Å²) in [6.07, 6.45) is 9.45. The summed E-state index contributed by atoms with van der Waals surface area (Å²) in [4.78, 5) is 25.5. The van der Waals surface area contributed by atoms with Crippen LogP contribution < -0.4 is 10.2 Å². The molecule has 0 bridgehead atoms. The smallest absolute Gasteiger partial charge is 0.225 e. The third kappa shape index (κ3) is 3.88. The third-order valence-corrected chi connectivity index (χ3v) is 4.58. The molecule has 0 radical (unpaired) electrons. The molecule has 6 heteroatoms. The van der Waals surface area contributed by atoms with E-state index < -0.39 is 0 Å². The quantitative estimate of drug-likeness (QED) is 0.819. The Balaban J connectivity index is 1.67. The van der Waals surface area contributed by atoms with Gasteiger partial charge in [-0.25, -0.2) is 9.97 Å². The lowest BCUT2D eigenvalue weighted by atomic mass is 10.0. The van der Waals surface area contributed by atoms with Crippen molar-refractivity contribution < 1.29 is 4.79 Å². The van der Waals surface area contributed by atoms with Gasteiger partial charge in [-0.05, 0) is 33.0 Å². The molecule has 6 nitrogen and oxygen atoms in total. The minimum atomic E-state index is 0.108. The van der Waals surface area contributed by atoms with Crippen LogP contribution in [0.15, 0.2) is 30.6 Å². The summed E-state index contributed by atoms with van der Waals surface area (Å²) in [5.74, 6) is 1.42. The zero-order valence-electron chi connectivity index (χ0n) is 13.9. The number of anilines is 1. The lowest BCUT2D eigenvalue weighted by Crippen LogP contribution is -2.45. The molecule has 1 aromatic heterocycles. The number of aromatic nitrogens is 2. The Kier molecular flexibility index (Phi) is 4.91. The SMILES string of the molecule is CN(C)C[C@@H]1CN(c2ncccn2)C[C@H]1NC(=O)C1CC=CC1. The van der Waals surface area contributed by atoms with Crippen LogP contribution in [-0.2, 0) is 4.79 Å². The molecule has 2 atom stereocenters. The van der Waals surface area contributed by atoms with Crippen LogP contribution in [0.3, 0.4) is 0 Å². The van der Waals surface area contributed by atoms with E-state index in [0.29, 0.717) is 5.92 Å². The fraction of sp³-hybridized carbons (Fsp3) is 0.588. The molecule has 0 saturated carbocycles. The Labute approximate surface area is 137 Å². The highest BCUT2D eigenvalue weighted by molar-refractivity contribution is 5.80. The Bertz CT molecular complexity index is 551.